The van der Waals surface area contributed by atoms with Crippen molar-refractivity contribution in [1.82, 2.24) is 4.72 Å². The predicted octanol–water partition coefficient (Wildman–Crippen LogP) is 4.75. The molecule has 228 valence electrons. The van der Waals surface area contributed by atoms with Crippen LogP contribution >= 0.6 is 0 Å². The third-order valence-electron chi connectivity index (χ3n) is 6.01. The van der Waals surface area contributed by atoms with E-state index in [1.54, 1.807) is 20.8 Å². The third-order valence-corrected chi connectivity index (χ3v) is 6.74. The minimum atomic E-state index is -5.94. The predicted molar refractivity (Wildman–Crippen MR) is 128 cm³/mol. The van der Waals surface area contributed by atoms with Gasteiger partial charge < -0.3 is 14.6 Å². The van der Waals surface area contributed by atoms with Crippen molar-refractivity contribution in [3.8, 4) is 0 Å². The summed E-state index contributed by atoms with van der Waals surface area (Å²) < 4.78 is 110. The molecule has 1 unspecified atom stereocenters. The number of ether oxygens (including phenoxy) is 2. The summed E-state index contributed by atoms with van der Waals surface area (Å²) >= 11 is 0. The summed E-state index contributed by atoms with van der Waals surface area (Å²) in [5.74, 6) is -2.06. The fraction of sp³-hybridized carbons (Fsp3) is 0.913. The molecule has 0 radical (unpaired) electrons. The number of alkyl halides is 6. The fourth-order valence-corrected chi connectivity index (χ4v) is 2.70. The minimum Gasteiger partial charge on any atom is -0.464 e. The SMILES string of the molecule is CCC(C)(C)C(=O)OC(CC(O)(C(F)(F)F)C(F)(F)F)C(C)C.CCC(C)(C)C(=O)OCCNS(C)(=O)=O. The second kappa shape index (κ2) is 14.1. The van der Waals surface area contributed by atoms with Crippen molar-refractivity contribution in [2.75, 3.05) is 19.4 Å². The molecular formula is C23H41F6NO7S. The van der Waals surface area contributed by atoms with Gasteiger partial charge >= 0.3 is 24.3 Å². The van der Waals surface area contributed by atoms with Crippen molar-refractivity contribution in [2.24, 2.45) is 16.7 Å². The van der Waals surface area contributed by atoms with E-state index in [9.17, 15) is 49.5 Å². The minimum absolute atomic E-state index is 0.0648. The van der Waals surface area contributed by atoms with Crippen LogP contribution in [0.4, 0.5) is 26.3 Å². The Morgan fingerprint density at radius 1 is 0.868 bits per heavy atom. The molecule has 0 aromatic rings. The number of nitrogens with one attached hydrogen (secondary N) is 1. The number of esters is 2. The first-order valence-electron chi connectivity index (χ1n) is 11.9. The van der Waals surface area contributed by atoms with Crippen LogP contribution in [0.1, 0.15) is 74.7 Å². The first-order valence-corrected chi connectivity index (χ1v) is 13.8. The Morgan fingerprint density at radius 3 is 1.58 bits per heavy atom. The Morgan fingerprint density at radius 2 is 1.26 bits per heavy atom. The van der Waals surface area contributed by atoms with Crippen LogP contribution in [-0.4, -0.2) is 68.9 Å². The maximum Gasteiger partial charge on any atom is 0.426 e. The maximum absolute atomic E-state index is 12.8. The summed E-state index contributed by atoms with van der Waals surface area (Å²) in [6, 6.07) is 0. The van der Waals surface area contributed by atoms with Crippen molar-refractivity contribution < 1.29 is 58.9 Å². The molecule has 0 bridgehead atoms. The number of aliphatic hydroxyl groups is 1. The number of sulfonamides is 1. The monoisotopic (exact) mass is 589 g/mol. The van der Waals surface area contributed by atoms with Gasteiger partial charge in [-0.05, 0) is 46.5 Å². The molecule has 0 spiro atoms. The summed E-state index contributed by atoms with van der Waals surface area (Å²) in [5, 5.41) is 9.24. The first-order chi connectivity index (χ1) is 16.7. The molecule has 0 aliphatic heterocycles. The lowest BCUT2D eigenvalue weighted by Crippen LogP contribution is -2.59. The molecule has 15 heteroatoms. The van der Waals surface area contributed by atoms with Gasteiger partial charge in [-0.1, -0.05) is 27.7 Å². The van der Waals surface area contributed by atoms with Gasteiger partial charge in [0.2, 0.25) is 10.0 Å². The van der Waals surface area contributed by atoms with Crippen molar-refractivity contribution >= 4 is 22.0 Å². The highest BCUT2D eigenvalue weighted by atomic mass is 32.2. The van der Waals surface area contributed by atoms with Crippen LogP contribution in [0.2, 0.25) is 0 Å². The van der Waals surface area contributed by atoms with Crippen LogP contribution in [0.3, 0.4) is 0 Å². The van der Waals surface area contributed by atoms with Gasteiger partial charge in [0.05, 0.1) is 17.1 Å². The third kappa shape index (κ3) is 12.5. The van der Waals surface area contributed by atoms with Crippen LogP contribution in [0, 0.1) is 16.7 Å². The van der Waals surface area contributed by atoms with E-state index in [4.69, 9.17) is 9.47 Å². The molecule has 8 nitrogen and oxygen atoms in total. The zero-order chi connectivity index (χ0) is 31.0. The van der Waals surface area contributed by atoms with E-state index in [1.165, 1.54) is 27.7 Å². The Balaban J connectivity index is 0. The number of rotatable bonds is 12. The highest BCUT2D eigenvalue weighted by Crippen LogP contribution is 2.47. The Hall–Kier alpha value is -1.61. The second-order valence-corrected chi connectivity index (χ2v) is 12.4. The molecule has 2 N–H and O–H groups in total. The average molecular weight is 590 g/mol. The summed E-state index contributed by atoms with van der Waals surface area (Å²) in [5.41, 5.74) is -6.50. The topological polar surface area (TPSA) is 119 Å². The zero-order valence-electron chi connectivity index (χ0n) is 23.3. The van der Waals surface area contributed by atoms with Gasteiger partial charge in [-0.25, -0.2) is 13.1 Å². The van der Waals surface area contributed by atoms with Crippen LogP contribution in [0.25, 0.3) is 0 Å². The molecule has 0 aliphatic rings. The van der Waals surface area contributed by atoms with E-state index < -0.39 is 63.2 Å². The van der Waals surface area contributed by atoms with Gasteiger partial charge in [0, 0.05) is 13.0 Å². The van der Waals surface area contributed by atoms with Crippen LogP contribution in [0.15, 0.2) is 0 Å². The molecule has 0 fully saturated rings. The van der Waals surface area contributed by atoms with E-state index in [1.807, 2.05) is 6.92 Å². The van der Waals surface area contributed by atoms with Crippen LogP contribution in [0.5, 0.6) is 0 Å². The molecule has 38 heavy (non-hydrogen) atoms. The molecule has 0 aromatic carbocycles. The van der Waals surface area contributed by atoms with E-state index in [-0.39, 0.29) is 19.1 Å². The lowest BCUT2D eigenvalue weighted by molar-refractivity contribution is -0.374. The van der Waals surface area contributed by atoms with Crippen molar-refractivity contribution in [1.29, 1.82) is 0 Å². The van der Waals surface area contributed by atoms with Crippen LogP contribution in [-0.2, 0) is 29.1 Å². The summed E-state index contributed by atoms with van der Waals surface area (Å²) in [4.78, 5) is 23.4. The zero-order valence-corrected chi connectivity index (χ0v) is 24.1. The number of hydrogen-bond donors (Lipinski definition) is 2. The highest BCUT2D eigenvalue weighted by molar-refractivity contribution is 7.88. The van der Waals surface area contributed by atoms with Gasteiger partial charge in [0.15, 0.2) is 0 Å². The smallest absolute Gasteiger partial charge is 0.426 e. The van der Waals surface area contributed by atoms with E-state index in [0.717, 1.165) is 6.26 Å². The average Bonchev–Trinajstić information content (AvgIpc) is 2.73. The summed E-state index contributed by atoms with van der Waals surface area (Å²) in [7, 11) is -3.20. The van der Waals surface area contributed by atoms with Crippen molar-refractivity contribution in [3.05, 3.63) is 0 Å². The quantitative estimate of drug-likeness (QED) is 0.192. The number of hydrogen-bond acceptors (Lipinski definition) is 7. The standard InChI is InChI=1S/C14H22F6O3.C9H19NO4S/c1-6-11(4,5)10(21)23-9(8(2)3)7-12(22,13(15,16)17)14(18,19)20;1-5-9(2,3)8(11)14-7-6-10-15(4,12)13/h8-9,22H,6-7H2,1-5H3;10H,5-7H2,1-4H3. The van der Waals surface area contributed by atoms with Gasteiger partial charge in [0.1, 0.15) is 12.7 Å². The van der Waals surface area contributed by atoms with E-state index >= 15 is 0 Å². The van der Waals surface area contributed by atoms with Gasteiger partial charge in [-0.15, -0.1) is 0 Å². The van der Waals surface area contributed by atoms with E-state index in [0.29, 0.717) is 12.8 Å². The number of carbonyl (C=O) groups excluding carboxylic acids is 2. The second-order valence-electron chi connectivity index (χ2n) is 10.5. The first kappa shape index (κ1) is 38.5. The molecule has 0 heterocycles. The van der Waals surface area contributed by atoms with Gasteiger partial charge in [0.25, 0.3) is 5.60 Å². The molecular weight excluding hydrogens is 548 g/mol. The Labute approximate surface area is 220 Å². The van der Waals surface area contributed by atoms with Crippen molar-refractivity contribution in [2.45, 2.75) is 98.7 Å². The van der Waals surface area contributed by atoms with Crippen LogP contribution < -0.4 is 4.72 Å². The Bertz CT molecular complexity index is 854. The Kier molecular flexibility index (Phi) is 14.3. The van der Waals surface area contributed by atoms with Gasteiger partial charge in [-0.2, -0.15) is 26.3 Å². The molecule has 0 aromatic heterocycles. The molecule has 1 atom stereocenters. The molecule has 0 aliphatic carbocycles. The largest absolute Gasteiger partial charge is 0.464 e. The molecule has 0 rings (SSSR count). The normalized spacial score (nSPS) is 14.4. The summed E-state index contributed by atoms with van der Waals surface area (Å²) in [6.45, 7) is 12.8. The maximum atomic E-state index is 12.8. The molecule has 0 saturated heterocycles. The van der Waals surface area contributed by atoms with Gasteiger partial charge in [-0.3, -0.25) is 9.59 Å². The fourth-order valence-electron chi connectivity index (χ4n) is 2.25. The van der Waals surface area contributed by atoms with Crippen molar-refractivity contribution in [3.63, 3.8) is 0 Å². The highest BCUT2D eigenvalue weighted by Gasteiger charge is 2.71. The lowest BCUT2D eigenvalue weighted by atomic mass is 9.88. The number of carbonyl (C=O) groups is 2. The molecule has 0 saturated carbocycles. The lowest BCUT2D eigenvalue weighted by Gasteiger charge is -2.36. The van der Waals surface area contributed by atoms with E-state index in [2.05, 4.69) is 4.72 Å². The molecule has 0 amide bonds. The number of halogens is 6. The summed E-state index contributed by atoms with van der Waals surface area (Å²) in [6.07, 6.45) is -13.4.